The molecule has 1 fully saturated rings. The SMILES string of the molecule is O=C(CCCCCCc1ccccc1)N[C@@H]1CCC1=O. The zero-order valence-corrected chi connectivity index (χ0v) is 11.9. The highest BCUT2D eigenvalue weighted by Crippen LogP contribution is 2.14. The van der Waals surface area contributed by atoms with Crippen molar-refractivity contribution in [2.24, 2.45) is 0 Å². The summed E-state index contributed by atoms with van der Waals surface area (Å²) in [4.78, 5) is 22.7. The maximum absolute atomic E-state index is 11.6. The Morgan fingerprint density at radius 3 is 2.50 bits per heavy atom. The number of hydrogen-bond donors (Lipinski definition) is 1. The van der Waals surface area contributed by atoms with Crippen molar-refractivity contribution < 1.29 is 9.59 Å². The van der Waals surface area contributed by atoms with Crippen LogP contribution in [0.1, 0.15) is 50.5 Å². The second kappa shape index (κ2) is 7.83. The molecule has 1 N–H and O–H groups in total. The summed E-state index contributed by atoms with van der Waals surface area (Å²) in [7, 11) is 0. The van der Waals surface area contributed by atoms with Crippen molar-refractivity contribution in [3.63, 3.8) is 0 Å². The molecule has 0 radical (unpaired) electrons. The van der Waals surface area contributed by atoms with Gasteiger partial charge in [-0.3, -0.25) is 9.59 Å². The van der Waals surface area contributed by atoms with Gasteiger partial charge in [0.1, 0.15) is 0 Å². The Morgan fingerprint density at radius 1 is 1.10 bits per heavy atom. The summed E-state index contributed by atoms with van der Waals surface area (Å²) >= 11 is 0. The number of carbonyl (C=O) groups is 2. The Kier molecular flexibility index (Phi) is 5.78. The highest BCUT2D eigenvalue weighted by molar-refractivity contribution is 5.93. The molecule has 0 spiro atoms. The molecule has 3 nitrogen and oxygen atoms in total. The van der Waals surface area contributed by atoms with E-state index in [4.69, 9.17) is 0 Å². The van der Waals surface area contributed by atoms with E-state index in [2.05, 4.69) is 29.6 Å². The first kappa shape index (κ1) is 14.8. The fourth-order valence-electron chi connectivity index (χ4n) is 2.44. The number of nitrogens with one attached hydrogen (secondary N) is 1. The number of unbranched alkanes of at least 4 members (excludes halogenated alkanes) is 3. The van der Waals surface area contributed by atoms with Gasteiger partial charge in [0, 0.05) is 12.8 Å². The van der Waals surface area contributed by atoms with Crippen LogP contribution in [0.4, 0.5) is 0 Å². The molecular formula is C17H23NO2. The first-order valence-electron chi connectivity index (χ1n) is 7.62. The molecule has 0 heterocycles. The topological polar surface area (TPSA) is 46.2 Å². The molecule has 108 valence electrons. The summed E-state index contributed by atoms with van der Waals surface area (Å²) in [6.07, 6.45) is 7.45. The number of carbonyl (C=O) groups excluding carboxylic acids is 2. The van der Waals surface area contributed by atoms with Gasteiger partial charge in [-0.25, -0.2) is 0 Å². The second-order valence-corrected chi connectivity index (χ2v) is 5.52. The van der Waals surface area contributed by atoms with Gasteiger partial charge >= 0.3 is 0 Å². The molecule has 1 aliphatic rings. The fourth-order valence-corrected chi connectivity index (χ4v) is 2.44. The van der Waals surface area contributed by atoms with E-state index in [0.717, 1.165) is 32.1 Å². The maximum atomic E-state index is 11.6. The molecule has 1 amide bonds. The van der Waals surface area contributed by atoms with E-state index in [0.29, 0.717) is 12.8 Å². The quantitative estimate of drug-likeness (QED) is 0.740. The third-order valence-electron chi connectivity index (χ3n) is 3.87. The number of benzene rings is 1. The van der Waals surface area contributed by atoms with E-state index >= 15 is 0 Å². The number of Topliss-reactive ketones (excluding diaryl/α,β-unsaturated/α-hetero) is 1. The van der Waals surface area contributed by atoms with Gasteiger partial charge in [0.2, 0.25) is 5.91 Å². The van der Waals surface area contributed by atoms with E-state index < -0.39 is 0 Å². The van der Waals surface area contributed by atoms with Crippen molar-refractivity contribution in [1.29, 1.82) is 0 Å². The van der Waals surface area contributed by atoms with Gasteiger partial charge in [0.25, 0.3) is 0 Å². The second-order valence-electron chi connectivity index (χ2n) is 5.52. The predicted molar refractivity (Wildman–Crippen MR) is 79.4 cm³/mol. The lowest BCUT2D eigenvalue weighted by Crippen LogP contribution is -2.47. The van der Waals surface area contributed by atoms with E-state index in [1.165, 1.54) is 12.0 Å². The summed E-state index contributed by atoms with van der Waals surface area (Å²) < 4.78 is 0. The van der Waals surface area contributed by atoms with Gasteiger partial charge in [0.15, 0.2) is 5.78 Å². The fraction of sp³-hybridized carbons (Fsp3) is 0.529. The highest BCUT2D eigenvalue weighted by Gasteiger charge is 2.28. The Hall–Kier alpha value is -1.64. The van der Waals surface area contributed by atoms with Crippen LogP contribution in [-0.2, 0) is 16.0 Å². The summed E-state index contributed by atoms with van der Waals surface area (Å²) in [5, 5.41) is 2.79. The van der Waals surface area contributed by atoms with Gasteiger partial charge in [-0.2, -0.15) is 0 Å². The molecule has 1 aromatic carbocycles. The van der Waals surface area contributed by atoms with Crippen molar-refractivity contribution in [1.82, 2.24) is 5.32 Å². The van der Waals surface area contributed by atoms with Crippen molar-refractivity contribution >= 4 is 11.7 Å². The van der Waals surface area contributed by atoms with Crippen LogP contribution >= 0.6 is 0 Å². The zero-order valence-electron chi connectivity index (χ0n) is 11.9. The largest absolute Gasteiger partial charge is 0.346 e. The average Bonchev–Trinajstić information content (AvgIpc) is 2.48. The number of amides is 1. The lowest BCUT2D eigenvalue weighted by molar-refractivity contribution is -0.132. The summed E-state index contributed by atoms with van der Waals surface area (Å²) in [5.41, 5.74) is 1.38. The summed E-state index contributed by atoms with van der Waals surface area (Å²) in [5.74, 6) is 0.215. The molecule has 2 rings (SSSR count). The molecule has 0 unspecified atom stereocenters. The molecule has 0 aromatic heterocycles. The van der Waals surface area contributed by atoms with Gasteiger partial charge in [-0.1, -0.05) is 43.2 Å². The molecule has 1 saturated carbocycles. The van der Waals surface area contributed by atoms with E-state index in [1.807, 2.05) is 6.07 Å². The van der Waals surface area contributed by atoms with Crippen LogP contribution in [0.3, 0.4) is 0 Å². The third kappa shape index (κ3) is 4.80. The lowest BCUT2D eigenvalue weighted by atomic mass is 9.91. The Balaban J connectivity index is 1.47. The predicted octanol–water partition coefficient (Wildman–Crippen LogP) is 3.03. The third-order valence-corrected chi connectivity index (χ3v) is 3.87. The van der Waals surface area contributed by atoms with Crippen molar-refractivity contribution in [3.8, 4) is 0 Å². The van der Waals surface area contributed by atoms with Crippen LogP contribution in [0.15, 0.2) is 30.3 Å². The minimum atomic E-state index is -0.180. The molecule has 0 aliphatic heterocycles. The van der Waals surface area contributed by atoms with Gasteiger partial charge in [-0.05, 0) is 31.2 Å². The van der Waals surface area contributed by atoms with Gasteiger partial charge in [0.05, 0.1) is 6.04 Å². The number of aryl methyl sites for hydroxylation is 1. The normalized spacial score (nSPS) is 17.6. The van der Waals surface area contributed by atoms with E-state index in [9.17, 15) is 9.59 Å². The molecule has 0 saturated heterocycles. The molecular weight excluding hydrogens is 250 g/mol. The summed E-state index contributed by atoms with van der Waals surface area (Å²) in [6.45, 7) is 0. The molecule has 0 bridgehead atoms. The highest BCUT2D eigenvalue weighted by atomic mass is 16.2. The van der Waals surface area contributed by atoms with Crippen LogP contribution in [0.25, 0.3) is 0 Å². The standard InChI is InChI=1S/C17H23NO2/c19-16-13-12-15(16)18-17(20)11-7-2-1-4-8-14-9-5-3-6-10-14/h3,5-6,9-10,15H,1-2,4,7-8,11-13H2,(H,18,20)/t15-/m1/s1. The van der Waals surface area contributed by atoms with Crippen LogP contribution in [0, 0.1) is 0 Å². The van der Waals surface area contributed by atoms with Gasteiger partial charge in [-0.15, -0.1) is 0 Å². The first-order valence-corrected chi connectivity index (χ1v) is 7.62. The number of rotatable bonds is 8. The van der Waals surface area contributed by atoms with Crippen LogP contribution in [-0.4, -0.2) is 17.7 Å². The minimum Gasteiger partial charge on any atom is -0.346 e. The molecule has 3 heteroatoms. The first-order chi connectivity index (χ1) is 9.75. The molecule has 20 heavy (non-hydrogen) atoms. The van der Waals surface area contributed by atoms with E-state index in [-0.39, 0.29) is 17.7 Å². The van der Waals surface area contributed by atoms with Crippen molar-refractivity contribution in [2.45, 2.75) is 57.4 Å². The summed E-state index contributed by atoms with van der Waals surface area (Å²) in [6, 6.07) is 10.3. The van der Waals surface area contributed by atoms with Crippen LogP contribution in [0.5, 0.6) is 0 Å². The van der Waals surface area contributed by atoms with Gasteiger partial charge < -0.3 is 5.32 Å². The lowest BCUT2D eigenvalue weighted by Gasteiger charge is -2.24. The Labute approximate surface area is 120 Å². The average molecular weight is 273 g/mol. The minimum absolute atomic E-state index is 0.0334. The maximum Gasteiger partial charge on any atom is 0.220 e. The van der Waals surface area contributed by atoms with Crippen molar-refractivity contribution in [3.05, 3.63) is 35.9 Å². The van der Waals surface area contributed by atoms with E-state index in [1.54, 1.807) is 0 Å². The van der Waals surface area contributed by atoms with Crippen LogP contribution < -0.4 is 5.32 Å². The molecule has 1 atom stereocenters. The zero-order chi connectivity index (χ0) is 14.2. The molecule has 1 aromatic rings. The molecule has 1 aliphatic carbocycles. The smallest absolute Gasteiger partial charge is 0.220 e. The van der Waals surface area contributed by atoms with Crippen LogP contribution in [0.2, 0.25) is 0 Å². The monoisotopic (exact) mass is 273 g/mol. The Bertz CT molecular complexity index is 442. The Morgan fingerprint density at radius 2 is 1.85 bits per heavy atom. The van der Waals surface area contributed by atoms with Crippen molar-refractivity contribution in [2.75, 3.05) is 0 Å². The number of hydrogen-bond acceptors (Lipinski definition) is 2. The number of ketones is 1.